The summed E-state index contributed by atoms with van der Waals surface area (Å²) in [6.45, 7) is 7.63. The average Bonchev–Trinajstić information content (AvgIpc) is 3.24. The molecule has 2 fully saturated rings. The molecule has 4 rings (SSSR count). The first-order valence-electron chi connectivity index (χ1n) is 10.4. The molecular weight excluding hydrogens is 348 g/mol. The molecule has 0 unspecified atom stereocenters. The van der Waals surface area contributed by atoms with Gasteiger partial charge in [0.15, 0.2) is 0 Å². The highest BCUT2D eigenvalue weighted by molar-refractivity contribution is 5.92. The van der Waals surface area contributed by atoms with E-state index in [0.29, 0.717) is 6.54 Å². The van der Waals surface area contributed by atoms with Gasteiger partial charge in [0.25, 0.3) is 0 Å². The number of para-hydroxylation sites is 1. The van der Waals surface area contributed by atoms with Crippen LogP contribution < -0.4 is 10.2 Å². The summed E-state index contributed by atoms with van der Waals surface area (Å²) in [7, 11) is 0. The summed E-state index contributed by atoms with van der Waals surface area (Å²) in [5.74, 6) is 0.0699. The van der Waals surface area contributed by atoms with Crippen molar-refractivity contribution in [1.82, 2.24) is 9.80 Å². The Hall–Kier alpha value is -2.37. The quantitative estimate of drug-likeness (QED) is 0.839. The van der Waals surface area contributed by atoms with Gasteiger partial charge in [0.05, 0.1) is 6.54 Å². The smallest absolute Gasteiger partial charge is 0.238 e. The van der Waals surface area contributed by atoms with Crippen LogP contribution in [0.25, 0.3) is 0 Å². The summed E-state index contributed by atoms with van der Waals surface area (Å²) in [4.78, 5) is 19.5. The Morgan fingerprint density at radius 1 is 0.786 bits per heavy atom. The number of nitrogens with one attached hydrogen (secondary N) is 1. The van der Waals surface area contributed by atoms with Crippen LogP contribution in [0.4, 0.5) is 11.4 Å². The fraction of sp³-hybridized carbons (Fsp3) is 0.435. The maximum absolute atomic E-state index is 12.4. The number of amides is 1. The Morgan fingerprint density at radius 2 is 1.46 bits per heavy atom. The molecule has 0 spiro atoms. The third kappa shape index (κ3) is 5.12. The van der Waals surface area contributed by atoms with E-state index in [1.807, 2.05) is 18.2 Å². The van der Waals surface area contributed by atoms with Gasteiger partial charge in [-0.15, -0.1) is 0 Å². The first-order chi connectivity index (χ1) is 13.8. The predicted molar refractivity (Wildman–Crippen MR) is 115 cm³/mol. The number of hydrogen-bond donors (Lipinski definition) is 1. The highest BCUT2D eigenvalue weighted by Gasteiger charge is 2.19. The molecule has 2 heterocycles. The topological polar surface area (TPSA) is 38.8 Å². The minimum atomic E-state index is 0.0699. The van der Waals surface area contributed by atoms with Crippen LogP contribution in [0.2, 0.25) is 0 Å². The van der Waals surface area contributed by atoms with Gasteiger partial charge in [0, 0.05) is 44.1 Å². The highest BCUT2D eigenvalue weighted by Crippen LogP contribution is 2.17. The average molecular weight is 379 g/mol. The third-order valence-electron chi connectivity index (χ3n) is 5.70. The molecule has 1 N–H and O–H groups in total. The Labute approximate surface area is 167 Å². The van der Waals surface area contributed by atoms with E-state index in [1.165, 1.54) is 37.2 Å². The number of carbonyl (C=O) groups excluding carboxylic acids is 1. The summed E-state index contributed by atoms with van der Waals surface area (Å²) in [5, 5.41) is 3.05. The molecule has 1 amide bonds. The van der Waals surface area contributed by atoms with Crippen molar-refractivity contribution in [2.45, 2.75) is 19.4 Å². The van der Waals surface area contributed by atoms with Crippen LogP contribution in [0.1, 0.15) is 18.4 Å². The maximum Gasteiger partial charge on any atom is 0.238 e. The van der Waals surface area contributed by atoms with Gasteiger partial charge in [0.2, 0.25) is 5.91 Å². The summed E-state index contributed by atoms with van der Waals surface area (Å²) >= 11 is 0. The number of piperazine rings is 1. The molecule has 0 radical (unpaired) electrons. The van der Waals surface area contributed by atoms with Gasteiger partial charge in [-0.2, -0.15) is 0 Å². The molecular formula is C23H30N4O. The lowest BCUT2D eigenvalue weighted by molar-refractivity contribution is -0.117. The first-order valence-corrected chi connectivity index (χ1v) is 10.4. The lowest BCUT2D eigenvalue weighted by Crippen LogP contribution is -2.48. The first kappa shape index (κ1) is 19.0. The van der Waals surface area contributed by atoms with Gasteiger partial charge in [-0.05, 0) is 55.8 Å². The van der Waals surface area contributed by atoms with E-state index >= 15 is 0 Å². The molecule has 2 aliphatic heterocycles. The molecule has 2 aliphatic rings. The molecule has 148 valence electrons. The van der Waals surface area contributed by atoms with Crippen LogP contribution in [0, 0.1) is 0 Å². The molecule has 5 heteroatoms. The Kier molecular flexibility index (Phi) is 6.24. The summed E-state index contributed by atoms with van der Waals surface area (Å²) in [5.41, 5.74) is 3.47. The van der Waals surface area contributed by atoms with Gasteiger partial charge in [0.1, 0.15) is 0 Å². The van der Waals surface area contributed by atoms with Gasteiger partial charge >= 0.3 is 0 Å². The lowest BCUT2D eigenvalue weighted by Gasteiger charge is -2.35. The van der Waals surface area contributed by atoms with Crippen molar-refractivity contribution in [3.63, 3.8) is 0 Å². The zero-order chi connectivity index (χ0) is 19.2. The minimum absolute atomic E-state index is 0.0699. The van der Waals surface area contributed by atoms with Crippen molar-refractivity contribution in [3.05, 3.63) is 60.2 Å². The summed E-state index contributed by atoms with van der Waals surface area (Å²) in [6.07, 6.45) is 2.63. The Balaban J connectivity index is 1.21. The molecule has 0 aliphatic carbocycles. The fourth-order valence-electron chi connectivity index (χ4n) is 4.10. The van der Waals surface area contributed by atoms with Crippen molar-refractivity contribution in [2.24, 2.45) is 0 Å². The van der Waals surface area contributed by atoms with E-state index < -0.39 is 0 Å². The van der Waals surface area contributed by atoms with E-state index in [-0.39, 0.29) is 5.91 Å². The van der Waals surface area contributed by atoms with Crippen LogP contribution in [-0.4, -0.2) is 61.5 Å². The van der Waals surface area contributed by atoms with Crippen LogP contribution in [-0.2, 0) is 11.3 Å². The zero-order valence-corrected chi connectivity index (χ0v) is 16.5. The van der Waals surface area contributed by atoms with Gasteiger partial charge < -0.3 is 10.2 Å². The van der Waals surface area contributed by atoms with E-state index in [0.717, 1.165) is 38.4 Å². The molecule has 28 heavy (non-hydrogen) atoms. The predicted octanol–water partition coefficient (Wildman–Crippen LogP) is 3.04. The van der Waals surface area contributed by atoms with E-state index in [1.54, 1.807) is 0 Å². The number of anilines is 2. The second kappa shape index (κ2) is 9.22. The second-order valence-corrected chi connectivity index (χ2v) is 7.83. The monoisotopic (exact) mass is 378 g/mol. The number of likely N-dealkylation sites (tertiary alicyclic amines) is 1. The molecule has 0 saturated carbocycles. The van der Waals surface area contributed by atoms with Crippen LogP contribution >= 0.6 is 0 Å². The van der Waals surface area contributed by atoms with Crippen LogP contribution in [0.5, 0.6) is 0 Å². The van der Waals surface area contributed by atoms with E-state index in [9.17, 15) is 4.79 Å². The third-order valence-corrected chi connectivity index (χ3v) is 5.70. The number of rotatable bonds is 6. The molecule has 0 bridgehead atoms. The number of hydrogen-bond acceptors (Lipinski definition) is 4. The molecule has 0 aromatic heterocycles. The normalized spacial score (nSPS) is 18.4. The van der Waals surface area contributed by atoms with Crippen molar-refractivity contribution in [3.8, 4) is 0 Å². The van der Waals surface area contributed by atoms with Crippen molar-refractivity contribution < 1.29 is 4.79 Å². The maximum atomic E-state index is 12.4. The molecule has 2 aromatic carbocycles. The van der Waals surface area contributed by atoms with Crippen molar-refractivity contribution in [1.29, 1.82) is 0 Å². The second-order valence-electron chi connectivity index (χ2n) is 7.83. The van der Waals surface area contributed by atoms with Crippen LogP contribution in [0.3, 0.4) is 0 Å². The van der Waals surface area contributed by atoms with Gasteiger partial charge in [-0.1, -0.05) is 30.3 Å². The number of nitrogens with zero attached hydrogens (tertiary/aromatic N) is 3. The Bertz CT molecular complexity index is 748. The molecule has 2 saturated heterocycles. The van der Waals surface area contributed by atoms with Crippen molar-refractivity contribution in [2.75, 3.05) is 56.0 Å². The number of carbonyl (C=O) groups is 1. The number of benzene rings is 2. The van der Waals surface area contributed by atoms with Crippen molar-refractivity contribution >= 4 is 17.3 Å². The Morgan fingerprint density at radius 3 is 2.14 bits per heavy atom. The minimum Gasteiger partial charge on any atom is -0.369 e. The molecule has 2 aromatic rings. The lowest BCUT2D eigenvalue weighted by atomic mass is 10.2. The largest absolute Gasteiger partial charge is 0.369 e. The standard InChI is InChI=1S/C23H30N4O/c28-23(19-26-14-16-27(17-15-26)22-6-2-1-3-7-22)24-21-10-8-20(9-11-21)18-25-12-4-5-13-25/h1-3,6-11H,4-5,12-19H2,(H,24,28). The SMILES string of the molecule is O=C(CN1CCN(c2ccccc2)CC1)Nc1ccc(CN2CCCC2)cc1. The molecule has 0 atom stereocenters. The van der Waals surface area contributed by atoms with E-state index in [4.69, 9.17) is 0 Å². The zero-order valence-electron chi connectivity index (χ0n) is 16.5. The summed E-state index contributed by atoms with van der Waals surface area (Å²) < 4.78 is 0. The molecule has 5 nitrogen and oxygen atoms in total. The highest BCUT2D eigenvalue weighted by atomic mass is 16.2. The summed E-state index contributed by atoms with van der Waals surface area (Å²) in [6, 6.07) is 18.8. The van der Waals surface area contributed by atoms with Gasteiger partial charge in [-0.25, -0.2) is 0 Å². The fourth-order valence-corrected chi connectivity index (χ4v) is 4.10. The van der Waals surface area contributed by atoms with E-state index in [2.05, 4.69) is 56.4 Å². The van der Waals surface area contributed by atoms with Gasteiger partial charge in [-0.3, -0.25) is 14.6 Å². The van der Waals surface area contributed by atoms with Crippen LogP contribution in [0.15, 0.2) is 54.6 Å².